The second-order valence-corrected chi connectivity index (χ2v) is 8.21. The first kappa shape index (κ1) is 21.8. The first-order chi connectivity index (χ1) is 15.4. The van der Waals surface area contributed by atoms with Crippen molar-refractivity contribution in [2.45, 2.75) is 32.9 Å². The van der Waals surface area contributed by atoms with Crippen molar-refractivity contribution in [2.75, 3.05) is 5.32 Å². The topological polar surface area (TPSA) is 89.2 Å². The van der Waals surface area contributed by atoms with Crippen molar-refractivity contribution in [2.24, 2.45) is 0 Å². The van der Waals surface area contributed by atoms with Crippen LogP contribution in [0.3, 0.4) is 0 Å². The Labute approximate surface area is 194 Å². The molecule has 0 fully saturated rings. The number of carbonyl (C=O) groups is 2. The largest absolute Gasteiger partial charge is 0.444 e. The number of fused-ring (bicyclic) bond motifs is 1. The molecule has 8 heteroatoms. The van der Waals surface area contributed by atoms with E-state index < -0.39 is 0 Å². The van der Waals surface area contributed by atoms with Gasteiger partial charge in [-0.3, -0.25) is 9.59 Å². The molecule has 2 N–H and O–H groups in total. The number of furan rings is 1. The average Bonchev–Trinajstić information content (AvgIpc) is 3.38. The molecule has 0 saturated heterocycles. The van der Waals surface area contributed by atoms with Crippen LogP contribution in [-0.2, 0) is 17.8 Å². The molecule has 0 bridgehead atoms. The summed E-state index contributed by atoms with van der Waals surface area (Å²) in [6, 6.07) is 18.2. The molecule has 1 atom stereocenters. The van der Waals surface area contributed by atoms with Crippen LogP contribution in [0.25, 0.3) is 11.0 Å². The Bertz CT molecular complexity index is 1260. The minimum Gasteiger partial charge on any atom is -0.444 e. The van der Waals surface area contributed by atoms with Crippen molar-refractivity contribution in [1.82, 2.24) is 14.9 Å². The molecular formula is C24H23BrN4O3. The first-order valence-corrected chi connectivity index (χ1v) is 11.1. The highest BCUT2D eigenvalue weighted by atomic mass is 79.9. The Balaban J connectivity index is 1.37. The van der Waals surface area contributed by atoms with Crippen molar-refractivity contribution in [3.63, 3.8) is 0 Å². The number of halogens is 1. The highest BCUT2D eigenvalue weighted by molar-refractivity contribution is 9.10. The number of anilines is 1. The summed E-state index contributed by atoms with van der Waals surface area (Å²) in [7, 11) is 0. The zero-order valence-electron chi connectivity index (χ0n) is 17.8. The van der Waals surface area contributed by atoms with Gasteiger partial charge >= 0.3 is 0 Å². The zero-order valence-corrected chi connectivity index (χ0v) is 19.3. The number of amides is 2. The van der Waals surface area contributed by atoms with Crippen molar-refractivity contribution >= 4 is 44.5 Å². The lowest BCUT2D eigenvalue weighted by molar-refractivity contribution is -0.121. The van der Waals surface area contributed by atoms with Gasteiger partial charge in [-0.05, 0) is 71.7 Å². The summed E-state index contributed by atoms with van der Waals surface area (Å²) >= 11 is 3.18. The summed E-state index contributed by atoms with van der Waals surface area (Å²) in [6.45, 7) is 4.78. The Kier molecular flexibility index (Phi) is 6.41. The van der Waals surface area contributed by atoms with Crippen molar-refractivity contribution in [3.05, 3.63) is 82.5 Å². The van der Waals surface area contributed by atoms with Gasteiger partial charge in [0, 0.05) is 12.2 Å². The molecule has 4 aromatic rings. The van der Waals surface area contributed by atoms with E-state index in [0.717, 1.165) is 29.0 Å². The predicted octanol–water partition coefficient (Wildman–Crippen LogP) is 5.08. The molecule has 2 aromatic heterocycles. The van der Waals surface area contributed by atoms with Crippen LogP contribution in [0.2, 0.25) is 0 Å². The maximum absolute atomic E-state index is 12.6. The molecule has 0 aliphatic rings. The van der Waals surface area contributed by atoms with E-state index in [2.05, 4.69) is 38.1 Å². The fourth-order valence-corrected chi connectivity index (χ4v) is 3.94. The van der Waals surface area contributed by atoms with E-state index in [1.807, 2.05) is 43.3 Å². The minimum atomic E-state index is -0.339. The van der Waals surface area contributed by atoms with E-state index in [1.165, 1.54) is 0 Å². The van der Waals surface area contributed by atoms with E-state index in [4.69, 9.17) is 9.40 Å². The van der Waals surface area contributed by atoms with Crippen molar-refractivity contribution < 1.29 is 14.0 Å². The summed E-state index contributed by atoms with van der Waals surface area (Å²) in [5, 5.41) is 5.81. The van der Waals surface area contributed by atoms with Crippen LogP contribution in [0.5, 0.6) is 0 Å². The Hall–Kier alpha value is -3.39. The van der Waals surface area contributed by atoms with Crippen LogP contribution in [0.1, 0.15) is 41.8 Å². The lowest BCUT2D eigenvalue weighted by Gasteiger charge is -2.15. The van der Waals surface area contributed by atoms with Crippen LogP contribution < -0.4 is 10.6 Å². The van der Waals surface area contributed by atoms with Gasteiger partial charge in [-0.15, -0.1) is 0 Å². The average molecular weight is 495 g/mol. The van der Waals surface area contributed by atoms with Gasteiger partial charge in [0.1, 0.15) is 5.82 Å². The van der Waals surface area contributed by atoms with Crippen LogP contribution in [0, 0.1) is 0 Å². The maximum atomic E-state index is 12.6. The molecule has 7 nitrogen and oxygen atoms in total. The molecule has 1 unspecified atom stereocenters. The second-order valence-electron chi connectivity index (χ2n) is 7.42. The van der Waals surface area contributed by atoms with Crippen molar-refractivity contribution in [3.8, 4) is 0 Å². The smallest absolute Gasteiger partial charge is 0.291 e. The predicted molar refractivity (Wildman–Crippen MR) is 126 cm³/mol. The number of nitrogens with one attached hydrogen (secondary N) is 2. The molecule has 0 aliphatic heterocycles. The zero-order chi connectivity index (χ0) is 22.7. The van der Waals surface area contributed by atoms with Gasteiger partial charge in [0.15, 0.2) is 10.4 Å². The van der Waals surface area contributed by atoms with Crippen LogP contribution in [-0.4, -0.2) is 21.4 Å². The Morgan fingerprint density at radius 1 is 1.09 bits per heavy atom. The minimum absolute atomic E-state index is 0.0931. The lowest BCUT2D eigenvalue weighted by atomic mass is 10.1. The number of hydrogen-bond acceptors (Lipinski definition) is 4. The SMILES string of the molecule is CCn1c(C(C)NC(=O)Cc2ccc(NC(=O)c3ccc(Br)o3)cc2)nc2ccccc21. The number of para-hydroxylation sites is 2. The first-order valence-electron chi connectivity index (χ1n) is 10.3. The number of benzene rings is 2. The van der Waals surface area contributed by atoms with Crippen LogP contribution in [0.15, 0.2) is 69.8 Å². The number of hydrogen-bond donors (Lipinski definition) is 2. The Morgan fingerprint density at radius 2 is 1.84 bits per heavy atom. The van der Waals surface area contributed by atoms with Crippen molar-refractivity contribution in [1.29, 1.82) is 0 Å². The summed E-state index contributed by atoms with van der Waals surface area (Å²) in [5.74, 6) is 0.621. The number of aromatic nitrogens is 2. The normalized spacial score (nSPS) is 12.0. The second kappa shape index (κ2) is 9.40. The third-order valence-corrected chi connectivity index (χ3v) is 5.56. The molecule has 32 heavy (non-hydrogen) atoms. The molecular weight excluding hydrogens is 472 g/mol. The molecule has 4 rings (SSSR count). The molecule has 0 spiro atoms. The highest BCUT2D eigenvalue weighted by Gasteiger charge is 2.18. The standard InChI is InChI=1S/C24H23BrN4O3/c1-3-29-19-7-5-4-6-18(19)28-23(29)15(2)26-22(30)14-16-8-10-17(11-9-16)27-24(31)20-12-13-21(25)32-20/h4-13,15H,3,14H2,1-2H3,(H,26,30)(H,27,31). The van der Waals surface area contributed by atoms with E-state index in [1.54, 1.807) is 24.3 Å². The molecule has 0 radical (unpaired) electrons. The van der Waals surface area contributed by atoms with Gasteiger partial charge in [0.05, 0.1) is 23.5 Å². The number of rotatable bonds is 7. The summed E-state index contributed by atoms with van der Waals surface area (Å²) in [4.78, 5) is 29.5. The highest BCUT2D eigenvalue weighted by Crippen LogP contribution is 2.21. The molecule has 2 amide bonds. The number of carbonyl (C=O) groups excluding carboxylic acids is 2. The van der Waals surface area contributed by atoms with Gasteiger partial charge < -0.3 is 19.6 Å². The van der Waals surface area contributed by atoms with Gasteiger partial charge in [-0.1, -0.05) is 24.3 Å². The van der Waals surface area contributed by atoms with E-state index >= 15 is 0 Å². The van der Waals surface area contributed by atoms with Crippen LogP contribution >= 0.6 is 15.9 Å². The van der Waals surface area contributed by atoms with Gasteiger partial charge in [0.2, 0.25) is 5.91 Å². The Morgan fingerprint density at radius 3 is 2.53 bits per heavy atom. The van der Waals surface area contributed by atoms with Gasteiger partial charge in [-0.2, -0.15) is 0 Å². The third kappa shape index (κ3) is 4.75. The molecule has 2 heterocycles. The summed E-state index contributed by atoms with van der Waals surface area (Å²) in [6.07, 6.45) is 0.232. The number of aryl methyl sites for hydroxylation is 1. The lowest BCUT2D eigenvalue weighted by Crippen LogP contribution is -2.30. The number of imidazole rings is 1. The molecule has 0 saturated carbocycles. The van der Waals surface area contributed by atoms with E-state index in [-0.39, 0.29) is 30.0 Å². The fraction of sp³-hybridized carbons (Fsp3) is 0.208. The number of nitrogens with zero attached hydrogens (tertiary/aromatic N) is 2. The third-order valence-electron chi connectivity index (χ3n) is 5.14. The summed E-state index contributed by atoms with van der Waals surface area (Å²) < 4.78 is 7.86. The monoisotopic (exact) mass is 494 g/mol. The maximum Gasteiger partial charge on any atom is 0.291 e. The molecule has 2 aromatic carbocycles. The molecule has 0 aliphatic carbocycles. The fourth-order valence-electron chi connectivity index (χ4n) is 3.63. The van der Waals surface area contributed by atoms with Gasteiger partial charge in [-0.25, -0.2) is 4.98 Å². The molecule has 164 valence electrons. The summed E-state index contributed by atoms with van der Waals surface area (Å²) in [5.41, 5.74) is 3.45. The van der Waals surface area contributed by atoms with Gasteiger partial charge in [0.25, 0.3) is 5.91 Å². The van der Waals surface area contributed by atoms with E-state index in [9.17, 15) is 9.59 Å². The van der Waals surface area contributed by atoms with Crippen LogP contribution in [0.4, 0.5) is 5.69 Å². The van der Waals surface area contributed by atoms with E-state index in [0.29, 0.717) is 10.4 Å². The quantitative estimate of drug-likeness (QED) is 0.374.